The standard InChI is InChI=1S/C13H17NO2S/c1-16-11-5-3-2-4-10(11)14-12(15)8-13(9-17)6-7-13/h2-5,17H,6-9H2,1H3,(H,14,15). The van der Waals surface area contributed by atoms with Crippen molar-refractivity contribution in [3.8, 4) is 5.75 Å². The molecule has 92 valence electrons. The summed E-state index contributed by atoms with van der Waals surface area (Å²) in [5, 5.41) is 2.89. The van der Waals surface area contributed by atoms with Crippen LogP contribution in [0.3, 0.4) is 0 Å². The molecular formula is C13H17NO2S. The highest BCUT2D eigenvalue weighted by atomic mass is 32.1. The van der Waals surface area contributed by atoms with E-state index in [4.69, 9.17) is 4.74 Å². The number of hydrogen-bond donors (Lipinski definition) is 2. The minimum Gasteiger partial charge on any atom is -0.495 e. The topological polar surface area (TPSA) is 38.3 Å². The molecule has 1 aromatic rings. The van der Waals surface area contributed by atoms with Gasteiger partial charge in [-0.25, -0.2) is 0 Å². The molecule has 0 aromatic heterocycles. The second-order valence-electron chi connectivity index (χ2n) is 4.58. The second-order valence-corrected chi connectivity index (χ2v) is 4.90. The molecule has 0 bridgehead atoms. The molecule has 1 aliphatic rings. The van der Waals surface area contributed by atoms with Crippen molar-refractivity contribution in [1.82, 2.24) is 0 Å². The molecule has 0 unspecified atom stereocenters. The minimum absolute atomic E-state index is 0.0426. The molecule has 0 saturated heterocycles. The molecule has 1 saturated carbocycles. The van der Waals surface area contributed by atoms with Gasteiger partial charge in [-0.1, -0.05) is 12.1 Å². The number of rotatable bonds is 5. The van der Waals surface area contributed by atoms with Crippen molar-refractivity contribution in [2.24, 2.45) is 5.41 Å². The van der Waals surface area contributed by atoms with E-state index in [1.807, 2.05) is 24.3 Å². The molecule has 1 aliphatic carbocycles. The molecule has 3 nitrogen and oxygen atoms in total. The number of thiol groups is 1. The Balaban J connectivity index is 1.98. The molecule has 17 heavy (non-hydrogen) atoms. The number of anilines is 1. The predicted octanol–water partition coefficient (Wildman–Crippen LogP) is 2.73. The monoisotopic (exact) mass is 251 g/mol. The zero-order valence-electron chi connectivity index (χ0n) is 9.90. The number of carbonyl (C=O) groups excluding carboxylic acids is 1. The Kier molecular flexibility index (Phi) is 3.62. The lowest BCUT2D eigenvalue weighted by Gasteiger charge is -2.13. The number of amides is 1. The third-order valence-electron chi connectivity index (χ3n) is 3.21. The molecule has 1 fully saturated rings. The number of hydrogen-bond acceptors (Lipinski definition) is 3. The molecule has 1 N–H and O–H groups in total. The summed E-state index contributed by atoms with van der Waals surface area (Å²) in [6, 6.07) is 7.44. The van der Waals surface area contributed by atoms with Crippen molar-refractivity contribution in [2.75, 3.05) is 18.2 Å². The van der Waals surface area contributed by atoms with Crippen molar-refractivity contribution in [3.63, 3.8) is 0 Å². The maximum atomic E-state index is 11.9. The summed E-state index contributed by atoms with van der Waals surface area (Å²) in [6.45, 7) is 0. The smallest absolute Gasteiger partial charge is 0.225 e. The third kappa shape index (κ3) is 2.94. The van der Waals surface area contributed by atoms with Crippen molar-refractivity contribution < 1.29 is 9.53 Å². The second kappa shape index (κ2) is 5.00. The van der Waals surface area contributed by atoms with Crippen LogP contribution in [0.15, 0.2) is 24.3 Å². The van der Waals surface area contributed by atoms with Crippen LogP contribution in [0, 0.1) is 5.41 Å². The van der Waals surface area contributed by atoms with E-state index in [9.17, 15) is 4.79 Å². The van der Waals surface area contributed by atoms with Gasteiger partial charge in [-0.05, 0) is 36.1 Å². The zero-order valence-corrected chi connectivity index (χ0v) is 10.8. The molecule has 0 atom stereocenters. The van der Waals surface area contributed by atoms with Gasteiger partial charge in [-0.15, -0.1) is 0 Å². The average molecular weight is 251 g/mol. The van der Waals surface area contributed by atoms with E-state index >= 15 is 0 Å². The largest absolute Gasteiger partial charge is 0.495 e. The fourth-order valence-electron chi connectivity index (χ4n) is 1.85. The van der Waals surface area contributed by atoms with Gasteiger partial charge in [0.2, 0.25) is 5.91 Å². The number of nitrogens with one attached hydrogen (secondary N) is 1. The Morgan fingerprint density at radius 1 is 1.47 bits per heavy atom. The van der Waals surface area contributed by atoms with E-state index in [-0.39, 0.29) is 11.3 Å². The van der Waals surface area contributed by atoms with Crippen LogP contribution < -0.4 is 10.1 Å². The van der Waals surface area contributed by atoms with E-state index in [0.717, 1.165) is 24.3 Å². The molecule has 1 amide bonds. The van der Waals surface area contributed by atoms with Crippen molar-refractivity contribution in [1.29, 1.82) is 0 Å². The van der Waals surface area contributed by atoms with Gasteiger partial charge in [0.05, 0.1) is 12.8 Å². The van der Waals surface area contributed by atoms with Crippen LogP contribution in [0.25, 0.3) is 0 Å². The van der Waals surface area contributed by atoms with Gasteiger partial charge in [0.25, 0.3) is 0 Å². The molecule has 0 aliphatic heterocycles. The van der Waals surface area contributed by atoms with E-state index in [0.29, 0.717) is 12.2 Å². The zero-order chi connectivity index (χ0) is 12.3. The first kappa shape index (κ1) is 12.3. The highest BCUT2D eigenvalue weighted by molar-refractivity contribution is 7.80. The molecule has 1 aromatic carbocycles. The minimum atomic E-state index is 0.0426. The molecule has 0 heterocycles. The summed E-state index contributed by atoms with van der Waals surface area (Å²) in [7, 11) is 1.60. The van der Waals surface area contributed by atoms with Crippen LogP contribution >= 0.6 is 12.6 Å². The highest BCUT2D eigenvalue weighted by Gasteiger charge is 2.42. The first-order valence-electron chi connectivity index (χ1n) is 5.73. The van der Waals surface area contributed by atoms with E-state index in [1.54, 1.807) is 7.11 Å². The summed E-state index contributed by atoms with van der Waals surface area (Å²) in [6.07, 6.45) is 2.76. The summed E-state index contributed by atoms with van der Waals surface area (Å²) >= 11 is 4.30. The van der Waals surface area contributed by atoms with Crippen LogP contribution in [0.1, 0.15) is 19.3 Å². The van der Waals surface area contributed by atoms with Gasteiger partial charge in [0.15, 0.2) is 0 Å². The Labute approximate surface area is 107 Å². The van der Waals surface area contributed by atoms with Crippen molar-refractivity contribution >= 4 is 24.2 Å². The fraction of sp³-hybridized carbons (Fsp3) is 0.462. The molecular weight excluding hydrogens is 234 g/mol. The number of carbonyl (C=O) groups is 1. The quantitative estimate of drug-likeness (QED) is 0.790. The average Bonchev–Trinajstić information content (AvgIpc) is 3.10. The highest BCUT2D eigenvalue weighted by Crippen LogP contribution is 2.49. The van der Waals surface area contributed by atoms with Gasteiger partial charge >= 0.3 is 0 Å². The lowest BCUT2D eigenvalue weighted by Crippen LogP contribution is -2.18. The van der Waals surface area contributed by atoms with Crippen LogP contribution in [-0.4, -0.2) is 18.8 Å². The van der Waals surface area contributed by atoms with Crippen LogP contribution in [0.5, 0.6) is 5.75 Å². The Bertz CT molecular complexity index is 416. The predicted molar refractivity (Wildman–Crippen MR) is 71.8 cm³/mol. The number of ether oxygens (including phenoxy) is 1. The van der Waals surface area contributed by atoms with Crippen LogP contribution in [-0.2, 0) is 4.79 Å². The first-order chi connectivity index (χ1) is 8.19. The summed E-state index contributed by atoms with van der Waals surface area (Å²) in [5.41, 5.74) is 0.879. The van der Waals surface area contributed by atoms with Gasteiger partial charge < -0.3 is 10.1 Å². The number of para-hydroxylation sites is 2. The van der Waals surface area contributed by atoms with Crippen LogP contribution in [0.2, 0.25) is 0 Å². The Morgan fingerprint density at radius 2 is 2.18 bits per heavy atom. The van der Waals surface area contributed by atoms with Crippen molar-refractivity contribution in [3.05, 3.63) is 24.3 Å². The third-order valence-corrected chi connectivity index (χ3v) is 3.88. The molecule has 0 spiro atoms. The Morgan fingerprint density at radius 3 is 2.76 bits per heavy atom. The van der Waals surface area contributed by atoms with E-state index < -0.39 is 0 Å². The SMILES string of the molecule is COc1ccccc1NC(=O)CC1(CS)CC1. The van der Waals surface area contributed by atoms with Crippen molar-refractivity contribution in [2.45, 2.75) is 19.3 Å². The van der Waals surface area contributed by atoms with E-state index in [2.05, 4.69) is 17.9 Å². The lowest BCUT2D eigenvalue weighted by atomic mass is 10.1. The van der Waals surface area contributed by atoms with E-state index in [1.165, 1.54) is 0 Å². The maximum absolute atomic E-state index is 11.9. The van der Waals surface area contributed by atoms with Gasteiger partial charge in [-0.3, -0.25) is 4.79 Å². The summed E-state index contributed by atoms with van der Waals surface area (Å²) in [4.78, 5) is 11.9. The van der Waals surface area contributed by atoms with Gasteiger partial charge in [0.1, 0.15) is 5.75 Å². The van der Waals surface area contributed by atoms with Gasteiger partial charge in [0, 0.05) is 6.42 Å². The van der Waals surface area contributed by atoms with Crippen LogP contribution in [0.4, 0.5) is 5.69 Å². The normalized spacial score (nSPS) is 16.4. The number of benzene rings is 1. The molecule has 4 heteroatoms. The lowest BCUT2D eigenvalue weighted by molar-refractivity contribution is -0.117. The first-order valence-corrected chi connectivity index (χ1v) is 6.36. The fourth-order valence-corrected chi connectivity index (χ4v) is 2.28. The van der Waals surface area contributed by atoms with Gasteiger partial charge in [-0.2, -0.15) is 12.6 Å². The number of methoxy groups -OCH3 is 1. The summed E-state index contributed by atoms with van der Waals surface area (Å²) < 4.78 is 5.19. The Hall–Kier alpha value is -1.16. The maximum Gasteiger partial charge on any atom is 0.225 e. The molecule has 0 radical (unpaired) electrons. The summed E-state index contributed by atoms with van der Waals surface area (Å²) in [5.74, 6) is 1.52. The molecule has 2 rings (SSSR count).